The monoisotopic (exact) mass is 541 g/mol. The Labute approximate surface area is 232 Å². The molecule has 0 radical (unpaired) electrons. The normalized spacial score (nSPS) is 12.9. The summed E-state index contributed by atoms with van der Waals surface area (Å²) in [6.45, 7) is 11.5. The summed E-state index contributed by atoms with van der Waals surface area (Å²) in [5.41, 5.74) is 2.13. The van der Waals surface area contributed by atoms with Gasteiger partial charge in [-0.3, -0.25) is 9.59 Å². The summed E-state index contributed by atoms with van der Waals surface area (Å²) in [4.78, 5) is 42.1. The van der Waals surface area contributed by atoms with E-state index in [1.807, 2.05) is 74.7 Å². The smallest absolute Gasteiger partial charge is 0.408 e. The lowest BCUT2D eigenvalue weighted by Gasteiger charge is -2.37. The van der Waals surface area contributed by atoms with Crippen LogP contribution in [0.3, 0.4) is 0 Å². The second-order valence-electron chi connectivity index (χ2n) is 10.5. The van der Waals surface area contributed by atoms with Gasteiger partial charge < -0.3 is 20.3 Å². The summed E-state index contributed by atoms with van der Waals surface area (Å²) in [6, 6.07) is 15.4. The van der Waals surface area contributed by atoms with Gasteiger partial charge in [0.15, 0.2) is 0 Å². The van der Waals surface area contributed by atoms with Gasteiger partial charge in [-0.25, -0.2) is 4.79 Å². The maximum absolute atomic E-state index is 14.1. The van der Waals surface area contributed by atoms with Gasteiger partial charge in [0.25, 0.3) is 0 Å². The first-order chi connectivity index (χ1) is 18.0. The Hall–Kier alpha value is -3.00. The quantitative estimate of drug-likeness (QED) is 0.371. The molecule has 7 nitrogen and oxygen atoms in total. The van der Waals surface area contributed by atoms with Crippen molar-refractivity contribution in [2.45, 2.75) is 84.7 Å². The first-order valence-corrected chi connectivity index (χ1v) is 14.6. The minimum absolute atomic E-state index is 0.277. The van der Waals surface area contributed by atoms with Gasteiger partial charge in [-0.15, -0.1) is 0 Å². The van der Waals surface area contributed by atoms with Crippen LogP contribution in [0.25, 0.3) is 0 Å². The predicted octanol–water partition coefficient (Wildman–Crippen LogP) is 5.49. The number of ether oxygens (including phenoxy) is 1. The van der Waals surface area contributed by atoms with Crippen molar-refractivity contribution >= 4 is 29.7 Å². The molecule has 2 atom stereocenters. The van der Waals surface area contributed by atoms with Crippen LogP contribution in [0.4, 0.5) is 4.79 Å². The zero-order valence-electron chi connectivity index (χ0n) is 23.7. The van der Waals surface area contributed by atoms with Gasteiger partial charge in [0.2, 0.25) is 11.8 Å². The molecule has 38 heavy (non-hydrogen) atoms. The van der Waals surface area contributed by atoms with Crippen LogP contribution in [0.1, 0.15) is 70.7 Å². The number of nitrogens with zero attached hydrogens (tertiary/aromatic N) is 1. The lowest BCUT2D eigenvalue weighted by Crippen LogP contribution is -2.55. The van der Waals surface area contributed by atoms with Gasteiger partial charge in [0, 0.05) is 12.6 Å². The Kier molecular flexibility index (Phi) is 12.2. The Morgan fingerprint density at radius 1 is 0.974 bits per heavy atom. The standard InChI is InChI=1S/C30H43N3O4S/c1-8-22-14-16-24(17-15-22)26(27(34)31-20-23-12-10-9-11-13-23)33(21(2)3)28(35)25(18-19-38-7)32-29(36)37-30(4,5)6/h9-17,21,25-26H,8,18-20H2,1-7H3,(H,31,34)(H,32,36). The van der Waals surface area contributed by atoms with Crippen LogP contribution in [0.2, 0.25) is 0 Å². The van der Waals surface area contributed by atoms with Crippen LogP contribution in [0.5, 0.6) is 0 Å². The summed E-state index contributed by atoms with van der Waals surface area (Å²) in [6.07, 6.45) is 2.58. The van der Waals surface area contributed by atoms with Gasteiger partial charge in [-0.1, -0.05) is 61.5 Å². The number of rotatable bonds is 12. The lowest BCUT2D eigenvalue weighted by molar-refractivity contribution is -0.144. The highest BCUT2D eigenvalue weighted by Gasteiger charge is 2.37. The third-order valence-corrected chi connectivity index (χ3v) is 6.59. The van der Waals surface area contributed by atoms with E-state index >= 15 is 0 Å². The van der Waals surface area contributed by atoms with Crippen molar-refractivity contribution in [1.82, 2.24) is 15.5 Å². The molecule has 0 aliphatic rings. The summed E-state index contributed by atoms with van der Waals surface area (Å²) in [5.74, 6) is 0.0640. The predicted molar refractivity (Wildman–Crippen MR) is 155 cm³/mol. The van der Waals surface area contributed by atoms with E-state index in [0.29, 0.717) is 18.7 Å². The number of hydrogen-bond acceptors (Lipinski definition) is 5. The molecule has 0 spiro atoms. The van der Waals surface area contributed by atoms with Crippen LogP contribution in [-0.4, -0.2) is 52.5 Å². The molecule has 2 unspecified atom stereocenters. The van der Waals surface area contributed by atoms with Gasteiger partial charge in [-0.2, -0.15) is 11.8 Å². The second-order valence-corrected chi connectivity index (χ2v) is 11.5. The molecule has 3 amide bonds. The van der Waals surface area contributed by atoms with Crippen LogP contribution < -0.4 is 10.6 Å². The Balaban J connectivity index is 2.43. The lowest BCUT2D eigenvalue weighted by atomic mass is 9.99. The zero-order chi connectivity index (χ0) is 28.3. The number of alkyl carbamates (subject to hydrolysis) is 1. The third-order valence-electron chi connectivity index (χ3n) is 5.95. The van der Waals surface area contributed by atoms with E-state index < -0.39 is 23.8 Å². The number of nitrogens with one attached hydrogen (secondary N) is 2. The second kappa shape index (κ2) is 14.8. The van der Waals surface area contributed by atoms with Crippen molar-refractivity contribution < 1.29 is 19.1 Å². The minimum Gasteiger partial charge on any atom is -0.444 e. The van der Waals surface area contributed by atoms with Gasteiger partial charge >= 0.3 is 6.09 Å². The number of thioether (sulfide) groups is 1. The molecule has 0 aliphatic heterocycles. The highest BCUT2D eigenvalue weighted by Crippen LogP contribution is 2.26. The minimum atomic E-state index is -0.866. The molecular weight excluding hydrogens is 498 g/mol. The van der Waals surface area contributed by atoms with Crippen molar-refractivity contribution in [3.05, 3.63) is 71.3 Å². The van der Waals surface area contributed by atoms with Crippen molar-refractivity contribution in [1.29, 1.82) is 0 Å². The van der Waals surface area contributed by atoms with Crippen molar-refractivity contribution in [3.8, 4) is 0 Å². The van der Waals surface area contributed by atoms with E-state index in [0.717, 1.165) is 23.1 Å². The highest BCUT2D eigenvalue weighted by molar-refractivity contribution is 7.98. The molecule has 0 saturated heterocycles. The molecule has 2 N–H and O–H groups in total. The zero-order valence-corrected chi connectivity index (χ0v) is 24.6. The van der Waals surface area contributed by atoms with E-state index in [1.54, 1.807) is 37.4 Å². The van der Waals surface area contributed by atoms with Gasteiger partial charge in [-0.05, 0) is 76.2 Å². The topological polar surface area (TPSA) is 87.7 Å². The van der Waals surface area contributed by atoms with Crippen LogP contribution >= 0.6 is 11.8 Å². The fraction of sp³-hybridized carbons (Fsp3) is 0.500. The number of aryl methyl sites for hydroxylation is 1. The average Bonchev–Trinajstić information content (AvgIpc) is 2.87. The molecule has 208 valence electrons. The fourth-order valence-electron chi connectivity index (χ4n) is 4.06. The molecule has 2 aromatic carbocycles. The molecular formula is C30H43N3O4S. The van der Waals surface area contributed by atoms with Crippen molar-refractivity contribution in [2.75, 3.05) is 12.0 Å². The highest BCUT2D eigenvalue weighted by atomic mass is 32.2. The Morgan fingerprint density at radius 2 is 1.61 bits per heavy atom. The van der Waals surface area contributed by atoms with E-state index in [4.69, 9.17) is 4.74 Å². The molecule has 0 aromatic heterocycles. The maximum Gasteiger partial charge on any atom is 0.408 e. The third kappa shape index (κ3) is 9.71. The number of carbonyl (C=O) groups excluding carboxylic acids is 3. The first kappa shape index (κ1) is 31.2. The van der Waals surface area contributed by atoms with Crippen LogP contribution in [0, 0.1) is 0 Å². The summed E-state index contributed by atoms with van der Waals surface area (Å²) < 4.78 is 5.44. The first-order valence-electron chi connectivity index (χ1n) is 13.2. The van der Waals surface area contributed by atoms with E-state index in [1.165, 1.54) is 0 Å². The molecule has 0 bridgehead atoms. The molecule has 0 fully saturated rings. The van der Waals surface area contributed by atoms with Gasteiger partial charge in [0.05, 0.1) is 0 Å². The maximum atomic E-state index is 14.1. The summed E-state index contributed by atoms with van der Waals surface area (Å²) in [5, 5.41) is 5.79. The molecule has 0 saturated carbocycles. The van der Waals surface area contributed by atoms with Crippen LogP contribution in [-0.2, 0) is 27.3 Å². The average molecular weight is 542 g/mol. The molecule has 2 aromatic rings. The SMILES string of the molecule is CCc1ccc(C(C(=O)NCc2ccccc2)N(C(=O)C(CCSC)NC(=O)OC(C)(C)C)C(C)C)cc1. The molecule has 0 heterocycles. The van der Waals surface area contributed by atoms with Crippen molar-refractivity contribution in [2.24, 2.45) is 0 Å². The van der Waals surface area contributed by atoms with E-state index in [9.17, 15) is 14.4 Å². The van der Waals surface area contributed by atoms with E-state index in [2.05, 4.69) is 17.6 Å². The number of benzene rings is 2. The molecule has 8 heteroatoms. The van der Waals surface area contributed by atoms with Gasteiger partial charge in [0.1, 0.15) is 17.7 Å². The number of amides is 3. The van der Waals surface area contributed by atoms with Crippen molar-refractivity contribution in [3.63, 3.8) is 0 Å². The van der Waals surface area contributed by atoms with E-state index in [-0.39, 0.29) is 17.9 Å². The number of carbonyl (C=O) groups is 3. The Morgan fingerprint density at radius 3 is 2.13 bits per heavy atom. The Bertz CT molecular complexity index is 1040. The fourth-order valence-corrected chi connectivity index (χ4v) is 4.53. The number of hydrogen-bond donors (Lipinski definition) is 2. The largest absolute Gasteiger partial charge is 0.444 e. The van der Waals surface area contributed by atoms with Crippen LogP contribution in [0.15, 0.2) is 54.6 Å². The summed E-state index contributed by atoms with van der Waals surface area (Å²) in [7, 11) is 0. The summed E-state index contributed by atoms with van der Waals surface area (Å²) >= 11 is 1.59. The molecule has 0 aliphatic carbocycles. The molecule has 2 rings (SSSR count).